The van der Waals surface area contributed by atoms with E-state index in [1.54, 1.807) is 0 Å². The Hall–Kier alpha value is -0.814. The fourth-order valence-electron chi connectivity index (χ4n) is 6.56. The molecule has 0 radical (unpaired) electrons. The first kappa shape index (κ1) is 54.2. The minimum atomic E-state index is -4.82. The molecule has 0 fully saturated rings. The Labute approximate surface area is 380 Å². The SMILES string of the molecule is CCCCCCCCCC/C=C/CCCCCCCOC(=O)c1ccc(S(=O)(=O)[O-])cc1C(=O)OCCCCCCC/C=C/CCCCCCCCCC.[K+]. The van der Waals surface area contributed by atoms with Gasteiger partial charge in [0.1, 0.15) is 10.1 Å². The summed E-state index contributed by atoms with van der Waals surface area (Å²) in [6, 6.07) is 3.12. The fourth-order valence-corrected chi connectivity index (χ4v) is 7.06. The van der Waals surface area contributed by atoms with Gasteiger partial charge in [-0.25, -0.2) is 18.0 Å². The first-order valence-corrected chi connectivity index (χ1v) is 23.5. The Morgan fingerprint density at radius 1 is 0.491 bits per heavy atom. The van der Waals surface area contributed by atoms with Gasteiger partial charge in [-0.1, -0.05) is 167 Å². The molecule has 0 saturated carbocycles. The summed E-state index contributed by atoms with van der Waals surface area (Å²) in [4.78, 5) is 25.2. The van der Waals surface area contributed by atoms with Crippen LogP contribution >= 0.6 is 0 Å². The zero-order valence-corrected chi connectivity index (χ0v) is 39.4. The normalized spacial score (nSPS) is 11.7. The third-order valence-corrected chi connectivity index (χ3v) is 10.8. The Morgan fingerprint density at radius 2 is 0.800 bits per heavy atom. The van der Waals surface area contributed by atoms with Crippen molar-refractivity contribution in [3.63, 3.8) is 0 Å². The van der Waals surface area contributed by atoms with Crippen molar-refractivity contribution >= 4 is 22.1 Å². The number of benzene rings is 1. The third-order valence-electron chi connectivity index (χ3n) is 10.00. The minimum absolute atomic E-state index is 0. The van der Waals surface area contributed by atoms with Gasteiger partial charge in [-0.05, 0) is 82.4 Å². The smallest absolute Gasteiger partial charge is 0.744 e. The van der Waals surface area contributed by atoms with Crippen LogP contribution in [0.3, 0.4) is 0 Å². The third kappa shape index (κ3) is 31.8. The van der Waals surface area contributed by atoms with Crippen molar-refractivity contribution in [1.29, 1.82) is 0 Å². The molecular formula is C46H77KO7S. The number of carbonyl (C=O) groups excluding carboxylic acids is 2. The van der Waals surface area contributed by atoms with E-state index in [9.17, 15) is 22.6 Å². The molecule has 1 aromatic rings. The van der Waals surface area contributed by atoms with Gasteiger partial charge in [-0.15, -0.1) is 0 Å². The van der Waals surface area contributed by atoms with Gasteiger partial charge in [0.05, 0.1) is 29.2 Å². The Morgan fingerprint density at radius 3 is 1.15 bits per heavy atom. The van der Waals surface area contributed by atoms with E-state index >= 15 is 0 Å². The number of rotatable bonds is 37. The van der Waals surface area contributed by atoms with Gasteiger partial charge in [-0.3, -0.25) is 0 Å². The number of ether oxygens (including phenoxy) is 2. The molecule has 0 aliphatic rings. The van der Waals surface area contributed by atoms with Crippen LogP contribution in [0.2, 0.25) is 0 Å². The van der Waals surface area contributed by atoms with Crippen LogP contribution in [0.4, 0.5) is 0 Å². The number of hydrogen-bond donors (Lipinski definition) is 0. The number of unbranched alkanes of at least 4 members (excludes halogenated alkanes) is 26. The van der Waals surface area contributed by atoms with Gasteiger partial charge in [0.15, 0.2) is 0 Å². The van der Waals surface area contributed by atoms with Crippen molar-refractivity contribution in [1.82, 2.24) is 0 Å². The van der Waals surface area contributed by atoms with Crippen LogP contribution in [0.5, 0.6) is 0 Å². The van der Waals surface area contributed by atoms with E-state index in [0.717, 1.165) is 82.4 Å². The van der Waals surface area contributed by atoms with E-state index in [0.29, 0.717) is 12.8 Å². The molecule has 310 valence electrons. The van der Waals surface area contributed by atoms with E-state index in [1.807, 2.05) is 0 Å². The zero-order valence-electron chi connectivity index (χ0n) is 35.4. The summed E-state index contributed by atoms with van der Waals surface area (Å²) < 4.78 is 45.7. The molecule has 0 aliphatic carbocycles. The quantitative estimate of drug-likeness (QED) is 0.0216. The monoisotopic (exact) mass is 813 g/mol. The average Bonchev–Trinajstić information content (AvgIpc) is 3.16. The Kier molecular flexibility index (Phi) is 38.1. The van der Waals surface area contributed by atoms with Crippen LogP contribution < -0.4 is 51.4 Å². The summed E-state index contributed by atoms with van der Waals surface area (Å²) >= 11 is 0. The predicted molar refractivity (Wildman–Crippen MR) is 223 cm³/mol. The van der Waals surface area contributed by atoms with E-state index in [4.69, 9.17) is 9.47 Å². The average molecular weight is 813 g/mol. The van der Waals surface area contributed by atoms with Crippen LogP contribution in [0.1, 0.15) is 227 Å². The molecule has 0 N–H and O–H groups in total. The van der Waals surface area contributed by atoms with Crippen LogP contribution in [0, 0.1) is 0 Å². The number of esters is 2. The molecular weight excluding hydrogens is 736 g/mol. The van der Waals surface area contributed by atoms with E-state index in [1.165, 1.54) is 116 Å². The van der Waals surface area contributed by atoms with Gasteiger partial charge < -0.3 is 14.0 Å². The molecule has 0 atom stereocenters. The second kappa shape index (κ2) is 38.7. The summed E-state index contributed by atoms with van der Waals surface area (Å²) in [6.45, 7) is 4.86. The van der Waals surface area contributed by atoms with Crippen molar-refractivity contribution in [3.8, 4) is 0 Å². The second-order valence-corrected chi connectivity index (χ2v) is 16.4. The number of allylic oxidation sites excluding steroid dienone is 4. The molecule has 0 aromatic heterocycles. The summed E-state index contributed by atoms with van der Waals surface area (Å²) in [5.74, 6) is -1.56. The molecule has 0 unspecified atom stereocenters. The molecule has 1 aromatic carbocycles. The summed E-state index contributed by atoms with van der Waals surface area (Å²) in [5, 5.41) is 0. The molecule has 9 heteroatoms. The van der Waals surface area contributed by atoms with Gasteiger partial charge in [0.2, 0.25) is 0 Å². The number of hydrogen-bond acceptors (Lipinski definition) is 7. The van der Waals surface area contributed by atoms with Crippen LogP contribution in [-0.2, 0) is 19.6 Å². The molecule has 0 aliphatic heterocycles. The van der Waals surface area contributed by atoms with E-state index in [2.05, 4.69) is 38.2 Å². The number of carbonyl (C=O) groups is 2. The first-order valence-electron chi connectivity index (χ1n) is 22.0. The zero-order chi connectivity index (χ0) is 39.4. The Bertz CT molecular complexity index is 1240. The maximum absolute atomic E-state index is 12.9. The molecule has 0 bridgehead atoms. The molecule has 0 amide bonds. The molecule has 55 heavy (non-hydrogen) atoms. The maximum atomic E-state index is 12.9. The summed E-state index contributed by atoms with van der Waals surface area (Å²) in [5.41, 5.74) is -0.354. The first-order chi connectivity index (χ1) is 26.3. The van der Waals surface area contributed by atoms with Crippen molar-refractivity contribution in [3.05, 3.63) is 53.6 Å². The van der Waals surface area contributed by atoms with Crippen LogP contribution in [0.25, 0.3) is 0 Å². The molecule has 7 nitrogen and oxygen atoms in total. The fraction of sp³-hybridized carbons (Fsp3) is 0.739. The standard InChI is InChI=1S/C46H78O7S.K/c1-3-5-7-9-11-13-15-17-19-21-23-25-27-29-31-33-35-39-52-45(47)43-38-37-42(54(49,50)51)41-44(43)46(48)53-40-36-34-32-30-28-26-24-22-20-18-16-14-12-10-8-6-4-2;/h21-24,37-38,41H,3-20,25-36,39-40H2,1-2H3,(H,49,50,51);/q;+1/p-1/b23-21+,24-22+;. The molecule has 0 spiro atoms. The molecule has 1 rings (SSSR count). The molecule has 0 saturated heterocycles. The van der Waals surface area contributed by atoms with Gasteiger partial charge in [-0.2, -0.15) is 0 Å². The molecule has 0 heterocycles. The van der Waals surface area contributed by atoms with Crippen molar-refractivity contribution in [2.75, 3.05) is 13.2 Å². The summed E-state index contributed by atoms with van der Waals surface area (Å²) in [6.07, 6.45) is 45.0. The van der Waals surface area contributed by atoms with Gasteiger partial charge in [0.25, 0.3) is 0 Å². The van der Waals surface area contributed by atoms with E-state index < -0.39 is 27.0 Å². The summed E-state index contributed by atoms with van der Waals surface area (Å²) in [7, 11) is -4.82. The van der Waals surface area contributed by atoms with E-state index in [-0.39, 0.29) is 75.7 Å². The largest absolute Gasteiger partial charge is 1.00 e. The van der Waals surface area contributed by atoms with Crippen molar-refractivity contribution in [2.45, 2.75) is 211 Å². The maximum Gasteiger partial charge on any atom is 1.00 e. The predicted octanol–water partition coefficient (Wildman–Crippen LogP) is 10.8. The topological polar surface area (TPSA) is 110 Å². The minimum Gasteiger partial charge on any atom is -0.744 e. The second-order valence-electron chi connectivity index (χ2n) is 15.0. The van der Waals surface area contributed by atoms with Crippen LogP contribution in [-0.4, -0.2) is 38.1 Å². The Balaban J connectivity index is 0.0000292. The van der Waals surface area contributed by atoms with Crippen molar-refractivity contribution < 1.29 is 83.4 Å². The van der Waals surface area contributed by atoms with Crippen molar-refractivity contribution in [2.24, 2.45) is 0 Å². The van der Waals surface area contributed by atoms with Gasteiger partial charge >= 0.3 is 63.3 Å². The van der Waals surface area contributed by atoms with Crippen LogP contribution in [0.15, 0.2) is 47.4 Å². The van der Waals surface area contributed by atoms with Gasteiger partial charge in [0, 0.05) is 0 Å².